The quantitative estimate of drug-likeness (QED) is 0.914. The molecule has 1 aliphatic rings. The normalized spacial score (nSPS) is 16.7. The number of aromatic nitrogens is 2. The van der Waals surface area contributed by atoms with Gasteiger partial charge in [-0.25, -0.2) is 9.97 Å². The molecular formula is C18H23N3. The Hall–Kier alpha value is -1.74. The minimum atomic E-state index is 0.380. The zero-order valence-corrected chi connectivity index (χ0v) is 13.1. The summed E-state index contributed by atoms with van der Waals surface area (Å²) >= 11 is 0. The fourth-order valence-corrected chi connectivity index (χ4v) is 2.88. The monoisotopic (exact) mass is 281 g/mol. The first kappa shape index (κ1) is 14.2. The third kappa shape index (κ3) is 3.13. The molecule has 0 radical (unpaired) electrons. The van der Waals surface area contributed by atoms with Gasteiger partial charge in [0, 0.05) is 18.2 Å². The van der Waals surface area contributed by atoms with Crippen molar-refractivity contribution < 1.29 is 0 Å². The Morgan fingerprint density at radius 1 is 1.24 bits per heavy atom. The lowest BCUT2D eigenvalue weighted by Gasteiger charge is -2.29. The lowest BCUT2D eigenvalue weighted by atomic mass is 9.77. The smallest absolute Gasteiger partial charge is 0.136 e. The topological polar surface area (TPSA) is 37.8 Å². The minimum Gasteiger partial charge on any atom is -0.311 e. The summed E-state index contributed by atoms with van der Waals surface area (Å²) in [5.41, 5.74) is 4.99. The van der Waals surface area contributed by atoms with Gasteiger partial charge in [-0.05, 0) is 43.0 Å². The van der Waals surface area contributed by atoms with Crippen LogP contribution in [0.15, 0.2) is 30.3 Å². The van der Waals surface area contributed by atoms with Gasteiger partial charge in [-0.2, -0.15) is 0 Å². The van der Waals surface area contributed by atoms with Crippen molar-refractivity contribution in [2.24, 2.45) is 5.92 Å². The number of aryl methyl sites for hydroxylation is 1. The van der Waals surface area contributed by atoms with E-state index in [2.05, 4.69) is 61.4 Å². The second-order valence-electron chi connectivity index (χ2n) is 6.34. The van der Waals surface area contributed by atoms with Crippen molar-refractivity contribution in [3.8, 4) is 0 Å². The molecule has 1 heterocycles. The average molecular weight is 281 g/mol. The predicted molar refractivity (Wildman–Crippen MR) is 85.3 cm³/mol. The van der Waals surface area contributed by atoms with E-state index in [0.29, 0.717) is 11.8 Å². The van der Waals surface area contributed by atoms with Crippen LogP contribution in [0.25, 0.3) is 0 Å². The molecule has 2 aromatic rings. The van der Waals surface area contributed by atoms with Crippen LogP contribution >= 0.6 is 0 Å². The standard InChI is InChI=1S/C18H23N3/c1-12(2)10-19-11-15-8-13(3)20-18(21-15)17-9-14-6-4-5-7-16(14)17/h4-8,12,17,19H,9-11H2,1-3H3. The Balaban J connectivity index is 1.76. The summed E-state index contributed by atoms with van der Waals surface area (Å²) in [6.45, 7) is 8.33. The molecular weight excluding hydrogens is 258 g/mol. The van der Waals surface area contributed by atoms with Crippen LogP contribution in [0.3, 0.4) is 0 Å². The summed E-state index contributed by atoms with van der Waals surface area (Å²) in [6.07, 6.45) is 1.07. The van der Waals surface area contributed by atoms with Gasteiger partial charge in [0.2, 0.25) is 0 Å². The molecule has 110 valence electrons. The van der Waals surface area contributed by atoms with Crippen LogP contribution in [0.4, 0.5) is 0 Å². The van der Waals surface area contributed by atoms with Crippen LogP contribution in [0.5, 0.6) is 0 Å². The van der Waals surface area contributed by atoms with Crippen molar-refractivity contribution in [2.45, 2.75) is 39.7 Å². The minimum absolute atomic E-state index is 0.380. The number of fused-ring (bicyclic) bond motifs is 1. The highest BCUT2D eigenvalue weighted by molar-refractivity contribution is 5.44. The molecule has 1 aliphatic carbocycles. The van der Waals surface area contributed by atoms with Gasteiger partial charge in [0.25, 0.3) is 0 Å². The van der Waals surface area contributed by atoms with E-state index in [1.807, 2.05) is 0 Å². The van der Waals surface area contributed by atoms with Crippen molar-refractivity contribution in [3.05, 3.63) is 58.7 Å². The van der Waals surface area contributed by atoms with Crippen LogP contribution in [0.2, 0.25) is 0 Å². The van der Waals surface area contributed by atoms with E-state index in [1.54, 1.807) is 0 Å². The van der Waals surface area contributed by atoms with Crippen molar-refractivity contribution in [3.63, 3.8) is 0 Å². The van der Waals surface area contributed by atoms with E-state index in [4.69, 9.17) is 4.98 Å². The Bertz CT molecular complexity index is 634. The highest BCUT2D eigenvalue weighted by atomic mass is 14.9. The molecule has 0 bridgehead atoms. The summed E-state index contributed by atoms with van der Waals surface area (Å²) in [4.78, 5) is 9.44. The van der Waals surface area contributed by atoms with E-state index >= 15 is 0 Å². The second kappa shape index (κ2) is 5.94. The first-order valence-electron chi connectivity index (χ1n) is 7.76. The molecule has 1 aromatic carbocycles. The summed E-state index contributed by atoms with van der Waals surface area (Å²) in [6, 6.07) is 10.7. The molecule has 0 saturated heterocycles. The molecule has 3 rings (SSSR count). The van der Waals surface area contributed by atoms with Crippen LogP contribution in [0, 0.1) is 12.8 Å². The van der Waals surface area contributed by atoms with Gasteiger partial charge >= 0.3 is 0 Å². The second-order valence-corrected chi connectivity index (χ2v) is 6.34. The molecule has 1 atom stereocenters. The summed E-state index contributed by atoms with van der Waals surface area (Å²) in [5, 5.41) is 3.46. The Morgan fingerprint density at radius 2 is 2.05 bits per heavy atom. The molecule has 0 fully saturated rings. The van der Waals surface area contributed by atoms with Crippen molar-refractivity contribution in [1.29, 1.82) is 0 Å². The SMILES string of the molecule is Cc1cc(CNCC(C)C)nc(C2Cc3ccccc32)n1. The van der Waals surface area contributed by atoms with Gasteiger partial charge in [0.15, 0.2) is 0 Å². The maximum atomic E-state index is 4.78. The molecule has 3 heteroatoms. The van der Waals surface area contributed by atoms with Crippen LogP contribution < -0.4 is 5.32 Å². The van der Waals surface area contributed by atoms with Crippen molar-refractivity contribution in [1.82, 2.24) is 15.3 Å². The fourth-order valence-electron chi connectivity index (χ4n) is 2.88. The zero-order chi connectivity index (χ0) is 14.8. The Labute approximate surface area is 126 Å². The van der Waals surface area contributed by atoms with Crippen LogP contribution in [0.1, 0.15) is 48.1 Å². The van der Waals surface area contributed by atoms with Gasteiger partial charge in [-0.1, -0.05) is 38.1 Å². The Morgan fingerprint density at radius 3 is 2.81 bits per heavy atom. The van der Waals surface area contributed by atoms with Gasteiger partial charge in [-0.3, -0.25) is 0 Å². The van der Waals surface area contributed by atoms with E-state index in [-0.39, 0.29) is 0 Å². The zero-order valence-electron chi connectivity index (χ0n) is 13.1. The summed E-state index contributed by atoms with van der Waals surface area (Å²) in [5.74, 6) is 2.02. The molecule has 1 N–H and O–H groups in total. The summed E-state index contributed by atoms with van der Waals surface area (Å²) < 4.78 is 0. The van der Waals surface area contributed by atoms with Gasteiger partial charge in [0.05, 0.1) is 5.69 Å². The van der Waals surface area contributed by atoms with Gasteiger partial charge in [-0.15, -0.1) is 0 Å². The third-order valence-electron chi connectivity index (χ3n) is 3.95. The van der Waals surface area contributed by atoms with Crippen LogP contribution in [-0.2, 0) is 13.0 Å². The maximum absolute atomic E-state index is 4.78. The largest absolute Gasteiger partial charge is 0.311 e. The fraction of sp³-hybridized carbons (Fsp3) is 0.444. The highest BCUT2D eigenvalue weighted by Gasteiger charge is 2.29. The number of nitrogens with zero attached hydrogens (tertiary/aromatic N) is 2. The number of hydrogen-bond acceptors (Lipinski definition) is 3. The number of rotatable bonds is 5. The molecule has 0 aliphatic heterocycles. The first-order valence-corrected chi connectivity index (χ1v) is 7.76. The molecule has 0 spiro atoms. The van der Waals surface area contributed by atoms with Gasteiger partial charge < -0.3 is 5.32 Å². The molecule has 1 unspecified atom stereocenters. The number of hydrogen-bond donors (Lipinski definition) is 1. The van der Waals surface area contributed by atoms with Crippen molar-refractivity contribution in [2.75, 3.05) is 6.54 Å². The lowest BCUT2D eigenvalue weighted by molar-refractivity contribution is 0.544. The number of nitrogens with one attached hydrogen (secondary N) is 1. The maximum Gasteiger partial charge on any atom is 0.136 e. The molecule has 0 saturated carbocycles. The molecule has 0 amide bonds. The molecule has 1 aromatic heterocycles. The van der Waals surface area contributed by atoms with E-state index < -0.39 is 0 Å². The van der Waals surface area contributed by atoms with Gasteiger partial charge in [0.1, 0.15) is 5.82 Å². The van der Waals surface area contributed by atoms with E-state index in [9.17, 15) is 0 Å². The lowest BCUT2D eigenvalue weighted by Crippen LogP contribution is -2.23. The average Bonchev–Trinajstić information content (AvgIpc) is 2.39. The predicted octanol–water partition coefficient (Wildman–Crippen LogP) is 3.22. The Kier molecular flexibility index (Phi) is 4.02. The van der Waals surface area contributed by atoms with E-state index in [0.717, 1.165) is 36.7 Å². The van der Waals surface area contributed by atoms with Crippen molar-refractivity contribution >= 4 is 0 Å². The molecule has 3 nitrogen and oxygen atoms in total. The number of benzene rings is 1. The summed E-state index contributed by atoms with van der Waals surface area (Å²) in [7, 11) is 0. The third-order valence-corrected chi connectivity index (χ3v) is 3.95. The highest BCUT2D eigenvalue weighted by Crippen LogP contribution is 2.38. The van der Waals surface area contributed by atoms with Crippen LogP contribution in [-0.4, -0.2) is 16.5 Å². The molecule has 21 heavy (non-hydrogen) atoms. The van der Waals surface area contributed by atoms with E-state index in [1.165, 1.54) is 11.1 Å². The first-order chi connectivity index (χ1) is 10.1.